The Labute approximate surface area is 175 Å². The van der Waals surface area contributed by atoms with Crippen LogP contribution in [0.5, 0.6) is 0 Å². The van der Waals surface area contributed by atoms with Crippen LogP contribution in [-0.4, -0.2) is 42.9 Å². The highest BCUT2D eigenvalue weighted by molar-refractivity contribution is 14.0. The molecule has 0 unspecified atom stereocenters. The van der Waals surface area contributed by atoms with Crippen LogP contribution in [0.3, 0.4) is 0 Å². The molecule has 1 fully saturated rings. The highest BCUT2D eigenvalue weighted by Gasteiger charge is 2.18. The fraction of sp³-hybridized carbons (Fsp3) is 0.600. The number of guanidine groups is 1. The molecule has 1 aromatic carbocycles. The lowest BCUT2D eigenvalue weighted by atomic mass is 10.00. The first-order valence-electron chi connectivity index (χ1n) is 9.54. The van der Waals surface area contributed by atoms with Crippen molar-refractivity contribution in [3.05, 3.63) is 35.4 Å². The van der Waals surface area contributed by atoms with Crippen molar-refractivity contribution in [2.24, 2.45) is 10.9 Å². The van der Waals surface area contributed by atoms with Crippen molar-refractivity contribution in [3.63, 3.8) is 0 Å². The number of carbonyl (C=O) groups is 1. The lowest BCUT2D eigenvalue weighted by molar-refractivity contribution is 0.0953. The molecule has 1 heterocycles. The second-order valence-electron chi connectivity index (χ2n) is 6.80. The molecule has 26 heavy (non-hydrogen) atoms. The summed E-state index contributed by atoms with van der Waals surface area (Å²) in [6.45, 7) is 10.7. The second-order valence-corrected chi connectivity index (χ2v) is 6.80. The van der Waals surface area contributed by atoms with Gasteiger partial charge in [-0.25, -0.2) is 4.99 Å². The maximum atomic E-state index is 12.1. The van der Waals surface area contributed by atoms with Gasteiger partial charge in [0.2, 0.25) is 0 Å². The number of nitrogens with zero attached hydrogens (tertiary/aromatic N) is 2. The summed E-state index contributed by atoms with van der Waals surface area (Å²) in [4.78, 5) is 19.3. The van der Waals surface area contributed by atoms with E-state index in [1.165, 1.54) is 12.8 Å². The summed E-state index contributed by atoms with van der Waals surface area (Å²) in [6, 6.07) is 7.76. The van der Waals surface area contributed by atoms with Gasteiger partial charge in [0.15, 0.2) is 5.96 Å². The third-order valence-corrected chi connectivity index (χ3v) is 4.55. The highest BCUT2D eigenvalue weighted by Crippen LogP contribution is 2.16. The summed E-state index contributed by atoms with van der Waals surface area (Å²) in [5, 5.41) is 6.32. The summed E-state index contributed by atoms with van der Waals surface area (Å²) in [5.74, 6) is 1.78. The Morgan fingerprint density at radius 3 is 2.62 bits per heavy atom. The topological polar surface area (TPSA) is 56.7 Å². The minimum absolute atomic E-state index is 0. The van der Waals surface area contributed by atoms with Crippen LogP contribution in [0.1, 0.15) is 56.0 Å². The lowest BCUT2D eigenvalue weighted by Gasteiger charge is -2.33. The Bertz CT molecular complexity index is 583. The number of hydrogen-bond donors (Lipinski definition) is 2. The minimum Gasteiger partial charge on any atom is -0.357 e. The van der Waals surface area contributed by atoms with Gasteiger partial charge in [-0.15, -0.1) is 24.0 Å². The van der Waals surface area contributed by atoms with Gasteiger partial charge in [-0.3, -0.25) is 4.79 Å². The molecule has 1 aromatic rings. The largest absolute Gasteiger partial charge is 0.357 e. The van der Waals surface area contributed by atoms with Crippen molar-refractivity contribution in [3.8, 4) is 0 Å². The molecule has 1 saturated heterocycles. The van der Waals surface area contributed by atoms with E-state index in [9.17, 15) is 4.79 Å². The van der Waals surface area contributed by atoms with Crippen LogP contribution in [0.25, 0.3) is 0 Å². The van der Waals surface area contributed by atoms with E-state index in [0.29, 0.717) is 18.7 Å². The normalized spacial score (nSPS) is 15.3. The number of halogens is 1. The first-order chi connectivity index (χ1) is 12.1. The zero-order valence-electron chi connectivity index (χ0n) is 16.3. The Morgan fingerprint density at radius 1 is 1.23 bits per heavy atom. The van der Waals surface area contributed by atoms with Gasteiger partial charge < -0.3 is 15.5 Å². The molecule has 0 radical (unpaired) electrons. The molecule has 0 aliphatic carbocycles. The molecule has 6 heteroatoms. The van der Waals surface area contributed by atoms with Crippen LogP contribution in [0.15, 0.2) is 29.3 Å². The van der Waals surface area contributed by atoms with Gasteiger partial charge in [0.1, 0.15) is 0 Å². The predicted molar refractivity (Wildman–Crippen MR) is 119 cm³/mol. The molecule has 2 rings (SSSR count). The maximum absolute atomic E-state index is 12.1. The molecule has 0 bridgehead atoms. The fourth-order valence-electron chi connectivity index (χ4n) is 2.96. The first-order valence-corrected chi connectivity index (χ1v) is 9.54. The number of carbonyl (C=O) groups excluding carboxylic acids is 1. The molecular formula is C20H33IN4O. The third-order valence-electron chi connectivity index (χ3n) is 4.55. The van der Waals surface area contributed by atoms with Crippen LogP contribution in [0.4, 0.5) is 0 Å². The van der Waals surface area contributed by atoms with E-state index in [1.54, 1.807) is 0 Å². The molecule has 1 amide bonds. The van der Waals surface area contributed by atoms with Gasteiger partial charge in [0.05, 0.1) is 6.54 Å². The average Bonchev–Trinajstić information content (AvgIpc) is 2.64. The standard InChI is InChI=1S/C20H32N4O.HI/c1-4-11-22-19(25)18-8-6-7-17(14-18)15-23-20(21-5-2)24-12-9-16(3)10-13-24;/h6-8,14,16H,4-5,9-13,15H2,1-3H3,(H,21,23)(H,22,25);1H. The molecule has 0 aromatic heterocycles. The van der Waals surface area contributed by atoms with Crippen LogP contribution in [-0.2, 0) is 6.54 Å². The van der Waals surface area contributed by atoms with E-state index in [-0.39, 0.29) is 29.9 Å². The van der Waals surface area contributed by atoms with E-state index in [4.69, 9.17) is 4.99 Å². The Balaban J connectivity index is 0.00000338. The number of benzene rings is 1. The molecule has 1 aliphatic heterocycles. The number of amides is 1. The minimum atomic E-state index is -0.00963. The lowest BCUT2D eigenvalue weighted by Crippen LogP contribution is -2.45. The summed E-state index contributed by atoms with van der Waals surface area (Å²) < 4.78 is 0. The smallest absolute Gasteiger partial charge is 0.251 e. The monoisotopic (exact) mass is 472 g/mol. The number of rotatable bonds is 6. The fourth-order valence-corrected chi connectivity index (χ4v) is 2.96. The third kappa shape index (κ3) is 7.13. The van der Waals surface area contributed by atoms with E-state index < -0.39 is 0 Å². The summed E-state index contributed by atoms with van der Waals surface area (Å²) >= 11 is 0. The van der Waals surface area contributed by atoms with Gasteiger partial charge in [-0.2, -0.15) is 0 Å². The summed E-state index contributed by atoms with van der Waals surface area (Å²) in [5.41, 5.74) is 1.77. The number of nitrogens with one attached hydrogen (secondary N) is 2. The number of likely N-dealkylation sites (tertiary alicyclic amines) is 1. The van der Waals surface area contributed by atoms with Gasteiger partial charge in [-0.1, -0.05) is 26.0 Å². The zero-order chi connectivity index (χ0) is 18.1. The van der Waals surface area contributed by atoms with E-state index >= 15 is 0 Å². The van der Waals surface area contributed by atoms with Gasteiger partial charge >= 0.3 is 0 Å². The van der Waals surface area contributed by atoms with Crippen LogP contribution in [0, 0.1) is 5.92 Å². The highest BCUT2D eigenvalue weighted by atomic mass is 127. The molecular weight excluding hydrogens is 439 g/mol. The van der Waals surface area contributed by atoms with Crippen LogP contribution >= 0.6 is 24.0 Å². The zero-order valence-corrected chi connectivity index (χ0v) is 18.6. The number of hydrogen-bond acceptors (Lipinski definition) is 2. The molecule has 1 aliphatic rings. The van der Waals surface area contributed by atoms with Crippen LogP contribution < -0.4 is 10.6 Å². The van der Waals surface area contributed by atoms with Crippen molar-refractivity contribution >= 4 is 35.8 Å². The summed E-state index contributed by atoms with van der Waals surface area (Å²) in [6.07, 6.45) is 3.38. The molecule has 5 nitrogen and oxygen atoms in total. The van der Waals surface area contributed by atoms with E-state index in [0.717, 1.165) is 43.5 Å². The van der Waals surface area contributed by atoms with Gasteiger partial charge in [0, 0.05) is 31.7 Å². The second kappa shape index (κ2) is 12.1. The SMILES string of the molecule is CCCNC(=O)c1cccc(CN=C(NCC)N2CCC(C)CC2)c1.I. The number of piperidine rings is 1. The molecule has 0 saturated carbocycles. The van der Waals surface area contributed by atoms with E-state index in [2.05, 4.69) is 36.3 Å². The molecule has 0 atom stereocenters. The number of aliphatic imine (C=N–C) groups is 1. The average molecular weight is 472 g/mol. The van der Waals surface area contributed by atoms with Crippen molar-refractivity contribution in [1.82, 2.24) is 15.5 Å². The van der Waals surface area contributed by atoms with Gasteiger partial charge in [0.25, 0.3) is 5.91 Å². The molecule has 0 spiro atoms. The molecule has 146 valence electrons. The Kier molecular flexibility index (Phi) is 10.6. The Hall–Kier alpha value is -1.31. The van der Waals surface area contributed by atoms with Crippen molar-refractivity contribution in [2.45, 2.75) is 46.6 Å². The van der Waals surface area contributed by atoms with Crippen LogP contribution in [0.2, 0.25) is 0 Å². The van der Waals surface area contributed by atoms with Crippen molar-refractivity contribution in [2.75, 3.05) is 26.2 Å². The maximum Gasteiger partial charge on any atom is 0.251 e. The Morgan fingerprint density at radius 2 is 1.96 bits per heavy atom. The quantitative estimate of drug-likeness (QED) is 0.378. The summed E-state index contributed by atoms with van der Waals surface area (Å²) in [7, 11) is 0. The predicted octanol–water partition coefficient (Wildman–Crippen LogP) is 3.64. The first kappa shape index (κ1) is 22.7. The van der Waals surface area contributed by atoms with Crippen molar-refractivity contribution in [1.29, 1.82) is 0 Å². The van der Waals surface area contributed by atoms with Gasteiger partial charge in [-0.05, 0) is 49.8 Å². The molecule has 2 N–H and O–H groups in total. The van der Waals surface area contributed by atoms with E-state index in [1.807, 2.05) is 24.3 Å². The van der Waals surface area contributed by atoms with Crippen molar-refractivity contribution < 1.29 is 4.79 Å².